The highest BCUT2D eigenvalue weighted by Crippen LogP contribution is 2.40. The Morgan fingerprint density at radius 2 is 1.47 bits per heavy atom. The molecule has 0 nitrogen and oxygen atoms in total. The summed E-state index contributed by atoms with van der Waals surface area (Å²) in [4.78, 5) is 0. The lowest BCUT2D eigenvalue weighted by molar-refractivity contribution is 0.172. The Kier molecular flexibility index (Phi) is 5.88. The fourth-order valence-electron chi connectivity index (χ4n) is 4.06. The van der Waals surface area contributed by atoms with Gasteiger partial charge in [0.15, 0.2) is 0 Å². The Hall–Kier alpha value is 0. The summed E-state index contributed by atoms with van der Waals surface area (Å²) in [6.45, 7) is 2.32. The van der Waals surface area contributed by atoms with Crippen molar-refractivity contribution in [1.29, 1.82) is 0 Å². The van der Waals surface area contributed by atoms with E-state index >= 15 is 0 Å². The highest BCUT2D eigenvalue weighted by molar-refractivity contribution is 4.84. The summed E-state index contributed by atoms with van der Waals surface area (Å²) in [5.74, 6) is 3.29. The molecule has 0 unspecified atom stereocenters. The van der Waals surface area contributed by atoms with Crippen LogP contribution in [0, 0.1) is 24.2 Å². The van der Waals surface area contributed by atoms with Crippen molar-refractivity contribution < 1.29 is 0 Å². The monoisotopic (exact) mass is 235 g/mol. The highest BCUT2D eigenvalue weighted by Gasteiger charge is 2.28. The minimum Gasteiger partial charge on any atom is -0.0654 e. The zero-order valence-electron chi connectivity index (χ0n) is 11.8. The third-order valence-corrected chi connectivity index (χ3v) is 5.26. The first-order valence-corrected chi connectivity index (χ1v) is 8.21. The first kappa shape index (κ1) is 13.4. The zero-order chi connectivity index (χ0) is 11.9. The van der Waals surface area contributed by atoms with Crippen molar-refractivity contribution >= 4 is 0 Å². The third kappa shape index (κ3) is 4.30. The molecule has 0 heteroatoms. The molecule has 2 fully saturated rings. The van der Waals surface area contributed by atoms with E-state index in [0.29, 0.717) is 0 Å². The largest absolute Gasteiger partial charge is 0.0654 e. The van der Waals surface area contributed by atoms with E-state index in [1.54, 1.807) is 25.7 Å². The van der Waals surface area contributed by atoms with Crippen molar-refractivity contribution in [3.63, 3.8) is 0 Å². The molecule has 0 amide bonds. The van der Waals surface area contributed by atoms with Crippen LogP contribution in [0.15, 0.2) is 0 Å². The molecular formula is C17H31. The molecular weight excluding hydrogens is 204 g/mol. The topological polar surface area (TPSA) is 0 Å². The normalized spacial score (nSPS) is 31.6. The first-order chi connectivity index (χ1) is 8.40. The third-order valence-electron chi connectivity index (χ3n) is 5.26. The van der Waals surface area contributed by atoms with E-state index in [1.165, 1.54) is 51.4 Å². The summed E-state index contributed by atoms with van der Waals surface area (Å²) in [6.07, 6.45) is 20.4. The van der Waals surface area contributed by atoms with Crippen molar-refractivity contribution in [3.8, 4) is 0 Å². The number of unbranched alkanes of at least 4 members (excludes halogenated alkanes) is 2. The van der Waals surface area contributed by atoms with Crippen molar-refractivity contribution in [2.24, 2.45) is 17.8 Å². The van der Waals surface area contributed by atoms with Crippen LogP contribution in [0.25, 0.3) is 0 Å². The van der Waals surface area contributed by atoms with Crippen LogP contribution in [-0.4, -0.2) is 0 Å². The predicted molar refractivity (Wildman–Crippen MR) is 75.8 cm³/mol. The Morgan fingerprint density at radius 1 is 0.824 bits per heavy atom. The molecule has 0 heterocycles. The number of hydrogen-bond acceptors (Lipinski definition) is 0. The fourth-order valence-corrected chi connectivity index (χ4v) is 4.06. The minimum absolute atomic E-state index is 1.09. The van der Waals surface area contributed by atoms with E-state index in [2.05, 4.69) is 13.3 Å². The lowest BCUT2D eigenvalue weighted by Gasteiger charge is -2.35. The second kappa shape index (κ2) is 7.44. The molecule has 99 valence electrons. The summed E-state index contributed by atoms with van der Waals surface area (Å²) >= 11 is 0. The molecule has 0 aromatic carbocycles. The molecule has 1 radical (unpaired) electrons. The second-order valence-electron chi connectivity index (χ2n) is 6.48. The van der Waals surface area contributed by atoms with E-state index in [-0.39, 0.29) is 0 Å². The summed E-state index contributed by atoms with van der Waals surface area (Å²) in [5.41, 5.74) is 0. The van der Waals surface area contributed by atoms with E-state index in [1.807, 2.05) is 0 Å². The summed E-state index contributed by atoms with van der Waals surface area (Å²) in [7, 11) is 0. The summed E-state index contributed by atoms with van der Waals surface area (Å²) in [5, 5.41) is 0. The van der Waals surface area contributed by atoms with Crippen molar-refractivity contribution in [1.82, 2.24) is 0 Å². The fraction of sp³-hybridized carbons (Fsp3) is 0.941. The van der Waals surface area contributed by atoms with Gasteiger partial charge in [0.25, 0.3) is 0 Å². The van der Waals surface area contributed by atoms with Gasteiger partial charge in [-0.1, -0.05) is 45.4 Å². The molecule has 2 aliphatic carbocycles. The average Bonchev–Trinajstić information content (AvgIpc) is 2.41. The molecule has 17 heavy (non-hydrogen) atoms. The molecule has 0 bridgehead atoms. The quantitative estimate of drug-likeness (QED) is 0.531. The van der Waals surface area contributed by atoms with Gasteiger partial charge in [0.05, 0.1) is 0 Å². The lowest BCUT2D eigenvalue weighted by atomic mass is 9.70. The maximum atomic E-state index is 2.51. The standard InChI is InChI=1S/C17H31/c1-2-3-5-8-15-11-13-17(14-12-15)16-9-6-4-7-10-16/h4,15-17H,2-3,5-14H2,1H3/t15-,17-. The molecule has 0 aromatic rings. The molecule has 0 atom stereocenters. The van der Waals surface area contributed by atoms with E-state index in [9.17, 15) is 0 Å². The van der Waals surface area contributed by atoms with Gasteiger partial charge in [0.2, 0.25) is 0 Å². The lowest BCUT2D eigenvalue weighted by Crippen LogP contribution is -2.23. The number of rotatable bonds is 5. The van der Waals surface area contributed by atoms with Crippen LogP contribution in [0.1, 0.15) is 84.0 Å². The minimum atomic E-state index is 1.09. The zero-order valence-corrected chi connectivity index (χ0v) is 11.8. The van der Waals surface area contributed by atoms with Crippen LogP contribution in [0.4, 0.5) is 0 Å². The van der Waals surface area contributed by atoms with Gasteiger partial charge in [0.1, 0.15) is 0 Å². The van der Waals surface area contributed by atoms with Gasteiger partial charge in [-0.2, -0.15) is 0 Å². The van der Waals surface area contributed by atoms with Gasteiger partial charge in [-0.15, -0.1) is 0 Å². The van der Waals surface area contributed by atoms with Crippen molar-refractivity contribution in [2.75, 3.05) is 0 Å². The smallest absolute Gasteiger partial charge is 0.0386 e. The molecule has 2 saturated carbocycles. The second-order valence-corrected chi connectivity index (χ2v) is 6.48. The van der Waals surface area contributed by atoms with E-state index < -0.39 is 0 Å². The molecule has 0 saturated heterocycles. The predicted octanol–water partition coefficient (Wildman–Crippen LogP) is 5.77. The number of hydrogen-bond donors (Lipinski definition) is 0. The molecule has 0 aromatic heterocycles. The van der Waals surface area contributed by atoms with Crippen LogP contribution in [0.2, 0.25) is 0 Å². The Morgan fingerprint density at radius 3 is 2.12 bits per heavy atom. The van der Waals surface area contributed by atoms with Gasteiger partial charge >= 0.3 is 0 Å². The van der Waals surface area contributed by atoms with Crippen LogP contribution in [0.5, 0.6) is 0 Å². The highest BCUT2D eigenvalue weighted by atomic mass is 14.3. The van der Waals surface area contributed by atoms with Crippen molar-refractivity contribution in [2.45, 2.75) is 84.0 Å². The van der Waals surface area contributed by atoms with E-state index in [0.717, 1.165) is 17.8 Å². The van der Waals surface area contributed by atoms with Crippen LogP contribution in [0.3, 0.4) is 0 Å². The molecule has 0 aliphatic heterocycles. The SMILES string of the molecule is CCCCC[C@H]1CC[C@H](C2CC[CH]CC2)CC1. The van der Waals surface area contributed by atoms with Gasteiger partial charge < -0.3 is 0 Å². The van der Waals surface area contributed by atoms with E-state index in [4.69, 9.17) is 0 Å². The average molecular weight is 235 g/mol. The van der Waals surface area contributed by atoms with Crippen molar-refractivity contribution in [3.05, 3.63) is 6.42 Å². The summed E-state index contributed by atoms with van der Waals surface area (Å²) in [6, 6.07) is 0. The van der Waals surface area contributed by atoms with Crippen LogP contribution >= 0.6 is 0 Å². The maximum Gasteiger partial charge on any atom is -0.0386 e. The maximum absolute atomic E-state index is 2.51. The summed E-state index contributed by atoms with van der Waals surface area (Å²) < 4.78 is 0. The molecule has 2 aliphatic rings. The Bertz CT molecular complexity index is 182. The van der Waals surface area contributed by atoms with Gasteiger partial charge in [-0.05, 0) is 62.7 Å². The van der Waals surface area contributed by atoms with Gasteiger partial charge in [-0.25, -0.2) is 0 Å². The van der Waals surface area contributed by atoms with Gasteiger partial charge in [0, 0.05) is 0 Å². The Balaban J connectivity index is 1.63. The molecule has 2 rings (SSSR count). The molecule has 0 N–H and O–H groups in total. The van der Waals surface area contributed by atoms with Gasteiger partial charge in [-0.3, -0.25) is 0 Å². The Labute approximate surface area is 109 Å². The molecule has 0 spiro atoms. The first-order valence-electron chi connectivity index (χ1n) is 8.21. The van der Waals surface area contributed by atoms with Crippen LogP contribution < -0.4 is 0 Å². The van der Waals surface area contributed by atoms with Crippen LogP contribution in [-0.2, 0) is 0 Å².